The van der Waals surface area contributed by atoms with E-state index in [1.807, 2.05) is 0 Å². The predicted octanol–water partition coefficient (Wildman–Crippen LogP) is 2.26. The Hall–Kier alpha value is -0.820. The second-order valence-corrected chi connectivity index (χ2v) is 10.3. The normalized spacial score (nSPS) is 29.0. The molecule has 1 spiro atoms. The van der Waals surface area contributed by atoms with Crippen LogP contribution in [0.15, 0.2) is 0 Å². The van der Waals surface area contributed by atoms with Gasteiger partial charge in [0.25, 0.3) is 0 Å². The Labute approximate surface area is 133 Å². The van der Waals surface area contributed by atoms with E-state index in [4.69, 9.17) is 5.11 Å². The summed E-state index contributed by atoms with van der Waals surface area (Å²) < 4.78 is 27.2. The summed E-state index contributed by atoms with van der Waals surface area (Å²) in [5, 5.41) is 9.09. The van der Waals surface area contributed by atoms with Crippen molar-refractivity contribution in [3.8, 4) is 0 Å². The molecule has 2 fully saturated rings. The molecule has 1 aliphatic heterocycles. The smallest absolute Gasteiger partial charge is 0.407 e. The van der Waals surface area contributed by atoms with E-state index in [1.165, 1.54) is 4.90 Å². The van der Waals surface area contributed by atoms with Crippen molar-refractivity contribution < 1.29 is 18.3 Å². The van der Waals surface area contributed by atoms with Crippen LogP contribution >= 0.6 is 0 Å². The average Bonchev–Trinajstić information content (AvgIpc) is 2.67. The van der Waals surface area contributed by atoms with Crippen LogP contribution in [0.1, 0.15) is 53.4 Å². The van der Waals surface area contributed by atoms with Crippen molar-refractivity contribution in [1.29, 1.82) is 0 Å². The molecule has 6 nitrogen and oxygen atoms in total. The number of hydrogen-bond donors (Lipinski definition) is 2. The molecule has 0 unspecified atom stereocenters. The van der Waals surface area contributed by atoms with Gasteiger partial charge in [0, 0.05) is 19.1 Å². The minimum absolute atomic E-state index is 0.0901. The van der Waals surface area contributed by atoms with Crippen LogP contribution in [0, 0.1) is 11.3 Å². The molecule has 128 valence electrons. The highest BCUT2D eigenvalue weighted by Crippen LogP contribution is 2.49. The number of nitrogens with one attached hydrogen (secondary N) is 1. The predicted molar refractivity (Wildman–Crippen MR) is 85.3 cm³/mol. The van der Waals surface area contributed by atoms with Crippen LogP contribution in [-0.4, -0.2) is 48.4 Å². The van der Waals surface area contributed by atoms with Gasteiger partial charge in [-0.05, 0) is 57.8 Å². The third-order valence-corrected chi connectivity index (χ3v) is 7.62. The van der Waals surface area contributed by atoms with Crippen LogP contribution in [0.2, 0.25) is 0 Å². The van der Waals surface area contributed by atoms with Crippen molar-refractivity contribution in [1.82, 2.24) is 9.62 Å². The summed E-state index contributed by atoms with van der Waals surface area (Å²) in [4.78, 5) is 12.5. The first kappa shape index (κ1) is 17.5. The molecule has 2 atom stereocenters. The SMILES string of the molecule is C[C@@H]1CCC2(CCN(C(=O)O)CC2)[C@@H]1NS(=O)(=O)C(C)(C)C. The summed E-state index contributed by atoms with van der Waals surface area (Å²) >= 11 is 0. The first-order valence-electron chi connectivity index (χ1n) is 7.98. The summed E-state index contributed by atoms with van der Waals surface area (Å²) in [6.07, 6.45) is 2.55. The molecular weight excluding hydrogens is 304 g/mol. The van der Waals surface area contributed by atoms with E-state index in [9.17, 15) is 13.2 Å². The highest BCUT2D eigenvalue weighted by atomic mass is 32.2. The Kier molecular flexibility index (Phi) is 4.52. The van der Waals surface area contributed by atoms with Gasteiger partial charge in [-0.15, -0.1) is 0 Å². The van der Waals surface area contributed by atoms with E-state index < -0.39 is 20.9 Å². The third-order valence-electron chi connectivity index (χ3n) is 5.44. The van der Waals surface area contributed by atoms with Crippen LogP contribution in [0.5, 0.6) is 0 Å². The van der Waals surface area contributed by atoms with E-state index in [0.717, 1.165) is 25.7 Å². The fourth-order valence-corrected chi connectivity index (χ4v) is 4.90. The Balaban J connectivity index is 2.18. The van der Waals surface area contributed by atoms with Crippen molar-refractivity contribution in [3.05, 3.63) is 0 Å². The van der Waals surface area contributed by atoms with Gasteiger partial charge in [0.05, 0.1) is 4.75 Å². The molecule has 0 aromatic carbocycles. The lowest BCUT2D eigenvalue weighted by atomic mass is 9.73. The van der Waals surface area contributed by atoms with Crippen LogP contribution < -0.4 is 4.72 Å². The fourth-order valence-electron chi connectivity index (χ4n) is 3.73. The molecule has 2 rings (SSSR count). The molecule has 0 radical (unpaired) electrons. The van der Waals surface area contributed by atoms with Crippen molar-refractivity contribution in [2.75, 3.05) is 13.1 Å². The maximum Gasteiger partial charge on any atom is 0.407 e. The molecule has 7 heteroatoms. The van der Waals surface area contributed by atoms with E-state index >= 15 is 0 Å². The maximum absolute atomic E-state index is 12.5. The zero-order valence-corrected chi connectivity index (χ0v) is 14.7. The molecule has 1 saturated heterocycles. The molecule has 0 aromatic heterocycles. The van der Waals surface area contributed by atoms with Gasteiger partial charge in [-0.25, -0.2) is 17.9 Å². The second kappa shape index (κ2) is 5.67. The van der Waals surface area contributed by atoms with Gasteiger partial charge >= 0.3 is 6.09 Å². The zero-order valence-electron chi connectivity index (χ0n) is 13.9. The Bertz CT molecular complexity index is 530. The molecule has 0 aromatic rings. The molecule has 22 heavy (non-hydrogen) atoms. The molecule has 2 aliphatic rings. The van der Waals surface area contributed by atoms with E-state index in [2.05, 4.69) is 11.6 Å². The molecule has 1 aliphatic carbocycles. The van der Waals surface area contributed by atoms with Gasteiger partial charge in [0.1, 0.15) is 0 Å². The number of sulfonamides is 1. The summed E-state index contributed by atoms with van der Waals surface area (Å²) in [7, 11) is -3.40. The summed E-state index contributed by atoms with van der Waals surface area (Å²) in [6.45, 7) is 8.19. The Morgan fingerprint density at radius 2 is 1.77 bits per heavy atom. The monoisotopic (exact) mass is 332 g/mol. The van der Waals surface area contributed by atoms with Crippen molar-refractivity contribution in [2.45, 2.75) is 64.2 Å². The van der Waals surface area contributed by atoms with Crippen molar-refractivity contribution in [3.63, 3.8) is 0 Å². The molecule has 1 saturated carbocycles. The third kappa shape index (κ3) is 3.11. The zero-order chi connectivity index (χ0) is 16.8. The number of carbonyl (C=O) groups is 1. The van der Waals surface area contributed by atoms with Gasteiger partial charge in [-0.3, -0.25) is 0 Å². The average molecular weight is 332 g/mol. The molecular formula is C15H28N2O4S. The quantitative estimate of drug-likeness (QED) is 0.812. The standard InChI is InChI=1S/C15H28N2O4S/c1-11-5-6-15(7-9-17(10-8-15)13(18)19)12(11)16-22(20,21)14(2,3)4/h11-12,16H,5-10H2,1-4H3,(H,18,19)/t11-,12-/m1/s1. The lowest BCUT2D eigenvalue weighted by Gasteiger charge is -2.44. The molecule has 2 N–H and O–H groups in total. The van der Waals surface area contributed by atoms with Crippen LogP contribution in [-0.2, 0) is 10.0 Å². The first-order valence-corrected chi connectivity index (χ1v) is 9.47. The van der Waals surface area contributed by atoms with Gasteiger partial charge in [-0.1, -0.05) is 6.92 Å². The fraction of sp³-hybridized carbons (Fsp3) is 0.933. The van der Waals surface area contributed by atoms with Gasteiger partial charge in [0.2, 0.25) is 10.0 Å². The second-order valence-electron chi connectivity index (χ2n) is 7.86. The summed E-state index contributed by atoms with van der Waals surface area (Å²) in [5.41, 5.74) is -0.0936. The van der Waals surface area contributed by atoms with Crippen LogP contribution in [0.25, 0.3) is 0 Å². The minimum Gasteiger partial charge on any atom is -0.465 e. The Morgan fingerprint density at radius 3 is 2.23 bits per heavy atom. The van der Waals surface area contributed by atoms with Crippen molar-refractivity contribution >= 4 is 16.1 Å². The van der Waals surface area contributed by atoms with Gasteiger partial charge in [-0.2, -0.15) is 0 Å². The number of piperidine rings is 1. The van der Waals surface area contributed by atoms with Crippen molar-refractivity contribution in [2.24, 2.45) is 11.3 Å². The van der Waals surface area contributed by atoms with Gasteiger partial charge < -0.3 is 10.0 Å². The number of likely N-dealkylation sites (tertiary alicyclic amines) is 1. The minimum atomic E-state index is -3.40. The number of amides is 1. The van der Waals surface area contributed by atoms with E-state index in [-0.39, 0.29) is 17.4 Å². The number of nitrogens with zero attached hydrogens (tertiary/aromatic N) is 1. The highest BCUT2D eigenvalue weighted by molar-refractivity contribution is 7.90. The molecule has 1 heterocycles. The molecule has 0 bridgehead atoms. The number of rotatable bonds is 2. The number of hydrogen-bond acceptors (Lipinski definition) is 3. The van der Waals surface area contributed by atoms with E-state index in [0.29, 0.717) is 13.1 Å². The van der Waals surface area contributed by atoms with Crippen LogP contribution in [0.4, 0.5) is 4.79 Å². The summed E-state index contributed by atoms with van der Waals surface area (Å²) in [5.74, 6) is 0.286. The van der Waals surface area contributed by atoms with E-state index in [1.54, 1.807) is 20.8 Å². The van der Waals surface area contributed by atoms with Crippen LogP contribution in [0.3, 0.4) is 0 Å². The topological polar surface area (TPSA) is 86.7 Å². The number of carboxylic acid groups (broad SMARTS) is 1. The lowest BCUT2D eigenvalue weighted by molar-refractivity contribution is 0.0769. The highest BCUT2D eigenvalue weighted by Gasteiger charge is 2.50. The van der Waals surface area contributed by atoms with Gasteiger partial charge in [0.15, 0.2) is 0 Å². The Morgan fingerprint density at radius 1 is 1.23 bits per heavy atom. The summed E-state index contributed by atoms with van der Waals surface area (Å²) in [6, 6.07) is -0.0901. The largest absolute Gasteiger partial charge is 0.465 e. The first-order chi connectivity index (χ1) is 9.98. The maximum atomic E-state index is 12.5. The lowest BCUT2D eigenvalue weighted by Crippen LogP contribution is -2.55. The molecule has 1 amide bonds.